The molecule has 4 nitrogen and oxygen atoms in total. The third-order valence-corrected chi connectivity index (χ3v) is 5.16. The van der Waals surface area contributed by atoms with Gasteiger partial charge < -0.3 is 10.4 Å². The number of aliphatic carboxylic acids is 1. The van der Waals surface area contributed by atoms with E-state index in [0.29, 0.717) is 5.92 Å². The van der Waals surface area contributed by atoms with Gasteiger partial charge in [0.05, 0.1) is 15.0 Å². The van der Waals surface area contributed by atoms with E-state index in [2.05, 4.69) is 32.9 Å². The molecule has 1 heterocycles. The molecule has 100 valence electrons. The lowest BCUT2D eigenvalue weighted by molar-refractivity contribution is -0.143. The maximum Gasteiger partial charge on any atom is 0.306 e. The second kappa shape index (κ2) is 6.81. The first-order chi connectivity index (χ1) is 8.65. The van der Waals surface area contributed by atoms with Crippen molar-refractivity contribution >= 4 is 39.9 Å². The highest BCUT2D eigenvalue weighted by atomic mass is 127. The van der Waals surface area contributed by atoms with Crippen molar-refractivity contribution in [1.82, 2.24) is 10.3 Å². The van der Waals surface area contributed by atoms with Crippen LogP contribution < -0.4 is 5.32 Å². The quantitative estimate of drug-likeness (QED) is 0.772. The fourth-order valence-electron chi connectivity index (χ4n) is 2.37. The van der Waals surface area contributed by atoms with E-state index >= 15 is 0 Å². The normalized spacial score (nSPS) is 24.1. The smallest absolute Gasteiger partial charge is 0.306 e. The number of halogens is 1. The highest BCUT2D eigenvalue weighted by molar-refractivity contribution is 14.1. The number of aromatic nitrogens is 1. The molecule has 1 saturated carbocycles. The molecule has 18 heavy (non-hydrogen) atoms. The summed E-state index contributed by atoms with van der Waals surface area (Å²) in [5, 5.41) is 13.5. The molecule has 0 bridgehead atoms. The summed E-state index contributed by atoms with van der Waals surface area (Å²) in [6.07, 6.45) is 5.60. The number of hydrogen-bond donors (Lipinski definition) is 2. The summed E-state index contributed by atoms with van der Waals surface area (Å²) in [4.78, 5) is 15.1. The van der Waals surface area contributed by atoms with Crippen LogP contribution in [0, 0.1) is 14.7 Å². The third-order valence-electron chi connectivity index (χ3n) is 3.43. The first-order valence-corrected chi connectivity index (χ1v) is 8.08. The van der Waals surface area contributed by atoms with Crippen molar-refractivity contribution in [3.8, 4) is 0 Å². The van der Waals surface area contributed by atoms with E-state index < -0.39 is 5.97 Å². The highest BCUT2D eigenvalue weighted by Gasteiger charge is 2.25. The molecule has 1 aromatic heterocycles. The minimum absolute atomic E-state index is 0.109. The summed E-state index contributed by atoms with van der Waals surface area (Å²) in [6.45, 7) is 1.80. The Labute approximate surface area is 124 Å². The van der Waals surface area contributed by atoms with Crippen LogP contribution in [0.1, 0.15) is 30.7 Å². The number of hydrogen-bond acceptors (Lipinski definition) is 4. The van der Waals surface area contributed by atoms with Crippen LogP contribution in [-0.4, -0.2) is 22.6 Å². The Morgan fingerprint density at radius 2 is 2.22 bits per heavy atom. The number of carbonyl (C=O) groups is 1. The molecule has 0 saturated heterocycles. The molecule has 0 aliphatic heterocycles. The van der Waals surface area contributed by atoms with E-state index in [1.54, 1.807) is 11.3 Å². The van der Waals surface area contributed by atoms with Crippen LogP contribution in [0.4, 0.5) is 0 Å². The SMILES string of the molecule is O=C(O)C1CCC(CNCc2ncc(I)s2)CC1. The Morgan fingerprint density at radius 1 is 1.50 bits per heavy atom. The lowest BCUT2D eigenvalue weighted by Gasteiger charge is -2.26. The molecule has 2 N–H and O–H groups in total. The molecule has 1 aromatic rings. The monoisotopic (exact) mass is 380 g/mol. The molecule has 2 rings (SSSR count). The van der Waals surface area contributed by atoms with Gasteiger partial charge in [-0.1, -0.05) is 0 Å². The van der Waals surface area contributed by atoms with Gasteiger partial charge in [-0.2, -0.15) is 0 Å². The third kappa shape index (κ3) is 4.17. The average Bonchev–Trinajstić information content (AvgIpc) is 2.76. The number of nitrogens with zero attached hydrogens (tertiary/aromatic N) is 1. The van der Waals surface area contributed by atoms with Crippen LogP contribution in [0.5, 0.6) is 0 Å². The molecule has 1 aliphatic rings. The van der Waals surface area contributed by atoms with E-state index in [9.17, 15) is 4.79 Å². The maximum atomic E-state index is 10.8. The molecule has 6 heteroatoms. The van der Waals surface area contributed by atoms with Crippen LogP contribution in [0.15, 0.2) is 6.20 Å². The molecule has 0 radical (unpaired) electrons. The molecule has 0 aromatic carbocycles. The molecule has 0 atom stereocenters. The zero-order valence-electron chi connectivity index (χ0n) is 10.1. The maximum absolute atomic E-state index is 10.8. The number of carboxylic acids is 1. The van der Waals surface area contributed by atoms with Crippen molar-refractivity contribution in [1.29, 1.82) is 0 Å². The molecule has 0 amide bonds. The summed E-state index contributed by atoms with van der Waals surface area (Å²) >= 11 is 3.99. The van der Waals surface area contributed by atoms with Gasteiger partial charge >= 0.3 is 5.97 Å². The van der Waals surface area contributed by atoms with Crippen LogP contribution in [0.25, 0.3) is 0 Å². The number of carboxylic acid groups (broad SMARTS) is 1. The Balaban J connectivity index is 1.65. The van der Waals surface area contributed by atoms with Gasteiger partial charge in [0.25, 0.3) is 0 Å². The van der Waals surface area contributed by atoms with Gasteiger partial charge in [0.15, 0.2) is 0 Å². The fraction of sp³-hybridized carbons (Fsp3) is 0.667. The van der Waals surface area contributed by atoms with Gasteiger partial charge in [-0.25, -0.2) is 4.98 Å². The van der Waals surface area contributed by atoms with Crippen molar-refractivity contribution in [3.63, 3.8) is 0 Å². The summed E-state index contributed by atoms with van der Waals surface area (Å²) in [6, 6.07) is 0. The topological polar surface area (TPSA) is 62.2 Å². The van der Waals surface area contributed by atoms with Crippen molar-refractivity contribution in [2.75, 3.05) is 6.54 Å². The van der Waals surface area contributed by atoms with Crippen LogP contribution in [-0.2, 0) is 11.3 Å². The summed E-state index contributed by atoms with van der Waals surface area (Å²) in [7, 11) is 0. The van der Waals surface area contributed by atoms with Gasteiger partial charge in [0.1, 0.15) is 5.01 Å². The lowest BCUT2D eigenvalue weighted by Crippen LogP contribution is -2.28. The van der Waals surface area contributed by atoms with Gasteiger partial charge in [-0.15, -0.1) is 11.3 Å². The van der Waals surface area contributed by atoms with Crippen molar-refractivity contribution in [2.45, 2.75) is 32.2 Å². The van der Waals surface area contributed by atoms with Gasteiger partial charge in [0.2, 0.25) is 0 Å². The summed E-state index contributed by atoms with van der Waals surface area (Å²) in [5.41, 5.74) is 0. The number of rotatable bonds is 5. The first kappa shape index (κ1) is 14.2. The number of nitrogens with one attached hydrogen (secondary N) is 1. The van der Waals surface area contributed by atoms with Gasteiger partial charge in [-0.3, -0.25) is 4.79 Å². The second-order valence-electron chi connectivity index (χ2n) is 4.74. The van der Waals surface area contributed by atoms with E-state index in [1.807, 2.05) is 6.20 Å². The van der Waals surface area contributed by atoms with E-state index in [1.165, 1.54) is 2.88 Å². The fourth-order valence-corrected chi connectivity index (χ4v) is 3.88. The molecule has 1 aliphatic carbocycles. The molecule has 0 spiro atoms. The predicted octanol–water partition coefficient (Wildman–Crippen LogP) is 2.73. The van der Waals surface area contributed by atoms with Gasteiger partial charge in [0, 0.05) is 6.54 Å². The summed E-state index contributed by atoms with van der Waals surface area (Å²) in [5.74, 6) is -0.111. The largest absolute Gasteiger partial charge is 0.481 e. The minimum atomic E-state index is -0.626. The van der Waals surface area contributed by atoms with Crippen LogP contribution in [0.2, 0.25) is 0 Å². The average molecular weight is 380 g/mol. The van der Waals surface area contributed by atoms with Crippen molar-refractivity contribution in [3.05, 3.63) is 14.1 Å². The molecule has 0 unspecified atom stereocenters. The Hall–Kier alpha value is -0.210. The molecule has 1 fully saturated rings. The Morgan fingerprint density at radius 3 is 2.78 bits per heavy atom. The minimum Gasteiger partial charge on any atom is -0.481 e. The van der Waals surface area contributed by atoms with E-state index in [4.69, 9.17) is 5.11 Å². The zero-order valence-corrected chi connectivity index (χ0v) is 13.0. The molecular formula is C12H17IN2O2S. The lowest BCUT2D eigenvalue weighted by atomic mass is 9.82. The number of thiazole rings is 1. The Kier molecular flexibility index (Phi) is 5.38. The van der Waals surface area contributed by atoms with Crippen LogP contribution >= 0.6 is 33.9 Å². The van der Waals surface area contributed by atoms with Crippen molar-refractivity contribution in [2.24, 2.45) is 11.8 Å². The zero-order chi connectivity index (χ0) is 13.0. The second-order valence-corrected chi connectivity index (χ2v) is 7.75. The van der Waals surface area contributed by atoms with E-state index in [0.717, 1.165) is 43.8 Å². The van der Waals surface area contributed by atoms with E-state index in [-0.39, 0.29) is 5.92 Å². The van der Waals surface area contributed by atoms with Gasteiger partial charge in [-0.05, 0) is 60.7 Å². The standard InChI is InChI=1S/C12H17IN2O2S/c13-10-6-15-11(18-10)7-14-5-8-1-3-9(4-2-8)12(16)17/h6,8-9,14H,1-5,7H2,(H,16,17). The summed E-state index contributed by atoms with van der Waals surface area (Å²) < 4.78 is 1.21. The Bertz CT molecular complexity index is 403. The predicted molar refractivity (Wildman–Crippen MR) is 79.6 cm³/mol. The highest BCUT2D eigenvalue weighted by Crippen LogP contribution is 2.28. The first-order valence-electron chi connectivity index (χ1n) is 6.19. The molecular weight excluding hydrogens is 363 g/mol. The van der Waals surface area contributed by atoms with Crippen molar-refractivity contribution < 1.29 is 9.90 Å². The van der Waals surface area contributed by atoms with Crippen LogP contribution in [0.3, 0.4) is 0 Å².